The summed E-state index contributed by atoms with van der Waals surface area (Å²) in [5.41, 5.74) is 1.56. The van der Waals surface area contributed by atoms with Crippen LogP contribution in [0.5, 0.6) is 5.75 Å². The molecule has 0 spiro atoms. The second-order valence-electron chi connectivity index (χ2n) is 7.35. The van der Waals surface area contributed by atoms with Gasteiger partial charge in [-0.3, -0.25) is 14.4 Å². The van der Waals surface area contributed by atoms with Gasteiger partial charge in [-0.05, 0) is 61.2 Å². The Hall–Kier alpha value is -2.90. The van der Waals surface area contributed by atoms with Crippen LogP contribution in [-0.2, 0) is 16.0 Å². The van der Waals surface area contributed by atoms with Gasteiger partial charge in [0.25, 0.3) is 5.91 Å². The lowest BCUT2D eigenvalue weighted by Gasteiger charge is -2.31. The molecule has 2 N–H and O–H groups in total. The minimum Gasteiger partial charge on any atom is -0.484 e. The van der Waals surface area contributed by atoms with Gasteiger partial charge in [-0.2, -0.15) is 0 Å². The van der Waals surface area contributed by atoms with E-state index >= 15 is 0 Å². The molecule has 3 rings (SSSR count). The first-order chi connectivity index (χ1) is 15.4. The summed E-state index contributed by atoms with van der Waals surface area (Å²) in [5.74, 6) is -0.371. The number of hydrogen-bond acceptors (Lipinski definition) is 5. The lowest BCUT2D eigenvalue weighted by molar-refractivity contribution is -0.137. The molecule has 172 valence electrons. The van der Waals surface area contributed by atoms with Gasteiger partial charge in [0.15, 0.2) is 12.4 Å². The molecule has 1 aliphatic heterocycles. The lowest BCUT2D eigenvalue weighted by Crippen LogP contribution is -2.42. The predicted octanol–water partition coefficient (Wildman–Crippen LogP) is 3.47. The molecule has 1 aliphatic rings. The predicted molar refractivity (Wildman–Crippen MR) is 121 cm³/mol. The van der Waals surface area contributed by atoms with Crippen LogP contribution in [0, 0.1) is 5.92 Å². The number of aliphatic hydroxyl groups is 1. The van der Waals surface area contributed by atoms with Gasteiger partial charge in [-0.15, -0.1) is 0 Å². The number of benzene rings is 2. The average molecular weight is 462 g/mol. The van der Waals surface area contributed by atoms with E-state index in [-0.39, 0.29) is 30.6 Å². The number of nitrogens with zero attached hydrogens (tertiary/aromatic N) is 1. The Labute approximate surface area is 192 Å². The lowest BCUT2D eigenvalue weighted by atomic mass is 9.89. The smallest absolute Gasteiger partial charge is 0.303 e. The van der Waals surface area contributed by atoms with Crippen LogP contribution >= 0.6 is 11.6 Å². The number of hydrogen-bond donors (Lipinski definition) is 2. The summed E-state index contributed by atoms with van der Waals surface area (Å²) in [4.78, 5) is 37.4. The Morgan fingerprint density at radius 1 is 1.00 bits per heavy atom. The number of carbonyl (C=O) groups excluding carboxylic acids is 2. The van der Waals surface area contributed by atoms with Gasteiger partial charge in [0.2, 0.25) is 0 Å². The molecule has 0 atom stereocenters. The van der Waals surface area contributed by atoms with Crippen molar-refractivity contribution in [1.82, 2.24) is 4.90 Å². The van der Waals surface area contributed by atoms with Crippen LogP contribution in [-0.4, -0.2) is 59.6 Å². The number of aliphatic hydroxyl groups excluding tert-OH is 1. The molecule has 8 heteroatoms. The van der Waals surface area contributed by atoms with Crippen LogP contribution in [0.15, 0.2) is 48.5 Å². The van der Waals surface area contributed by atoms with Gasteiger partial charge in [0, 0.05) is 43.1 Å². The van der Waals surface area contributed by atoms with Crippen LogP contribution in [0.3, 0.4) is 0 Å². The molecule has 0 unspecified atom stereocenters. The molecule has 1 amide bonds. The summed E-state index contributed by atoms with van der Waals surface area (Å²) in [6.07, 6.45) is 1.80. The van der Waals surface area contributed by atoms with Crippen LogP contribution in [0.1, 0.15) is 35.2 Å². The molecule has 32 heavy (non-hydrogen) atoms. The summed E-state index contributed by atoms with van der Waals surface area (Å²) in [7, 11) is 1.00. The summed E-state index contributed by atoms with van der Waals surface area (Å²) >= 11 is 5.87. The number of rotatable bonds is 8. The Balaban J connectivity index is 0.00000176. The highest BCUT2D eigenvalue weighted by Gasteiger charge is 2.28. The minimum atomic E-state index is -0.834. The molecule has 0 saturated carbocycles. The highest BCUT2D eigenvalue weighted by atomic mass is 35.5. The third kappa shape index (κ3) is 7.66. The van der Waals surface area contributed by atoms with Crippen molar-refractivity contribution < 1.29 is 29.3 Å². The number of halogens is 1. The van der Waals surface area contributed by atoms with Gasteiger partial charge in [0.1, 0.15) is 5.75 Å². The van der Waals surface area contributed by atoms with Crippen molar-refractivity contribution in [2.24, 2.45) is 5.92 Å². The van der Waals surface area contributed by atoms with Crippen molar-refractivity contribution in [3.8, 4) is 5.75 Å². The van der Waals surface area contributed by atoms with E-state index in [1.165, 1.54) is 0 Å². The fourth-order valence-electron chi connectivity index (χ4n) is 3.48. The zero-order valence-corrected chi connectivity index (χ0v) is 18.8. The zero-order valence-electron chi connectivity index (χ0n) is 18.0. The van der Waals surface area contributed by atoms with E-state index < -0.39 is 5.97 Å². The summed E-state index contributed by atoms with van der Waals surface area (Å²) < 4.78 is 5.57. The molecule has 0 aliphatic carbocycles. The van der Waals surface area contributed by atoms with Gasteiger partial charge in [-0.25, -0.2) is 0 Å². The Morgan fingerprint density at radius 3 is 2.16 bits per heavy atom. The van der Waals surface area contributed by atoms with Crippen molar-refractivity contribution in [2.75, 3.05) is 26.8 Å². The van der Waals surface area contributed by atoms with Crippen LogP contribution in [0.4, 0.5) is 0 Å². The van der Waals surface area contributed by atoms with Crippen molar-refractivity contribution in [2.45, 2.75) is 25.7 Å². The fourth-order valence-corrected chi connectivity index (χ4v) is 3.61. The standard InChI is InChI=1S/C23H24ClNO5.CH4O/c24-19-6-4-17(5-7-19)23(29)18-11-13-25(14-12-18)21(26)15-30-20-8-1-16(2-9-20)3-10-22(27)28;1-2/h1-2,4-9,18H,3,10-15H2,(H,27,28);2H,1H3. The molecule has 2 aromatic carbocycles. The van der Waals surface area contributed by atoms with E-state index in [0.29, 0.717) is 48.7 Å². The fraction of sp³-hybridized carbons (Fsp3) is 0.375. The van der Waals surface area contributed by atoms with Crippen molar-refractivity contribution in [1.29, 1.82) is 0 Å². The van der Waals surface area contributed by atoms with E-state index in [4.69, 9.17) is 26.6 Å². The number of aliphatic carboxylic acids is 1. The highest BCUT2D eigenvalue weighted by molar-refractivity contribution is 6.30. The van der Waals surface area contributed by atoms with E-state index in [1.807, 2.05) is 0 Å². The normalized spacial score (nSPS) is 13.7. The number of ether oxygens (including phenoxy) is 1. The third-order valence-electron chi connectivity index (χ3n) is 5.26. The maximum absolute atomic E-state index is 12.6. The number of ketones is 1. The summed E-state index contributed by atoms with van der Waals surface area (Å²) in [6.45, 7) is 0.991. The van der Waals surface area contributed by atoms with E-state index in [9.17, 15) is 14.4 Å². The molecule has 0 radical (unpaired) electrons. The van der Waals surface area contributed by atoms with Gasteiger partial charge < -0.3 is 19.8 Å². The molecule has 0 aromatic heterocycles. The summed E-state index contributed by atoms with van der Waals surface area (Å²) in [6, 6.07) is 14.0. The van der Waals surface area contributed by atoms with Crippen molar-refractivity contribution >= 4 is 29.3 Å². The van der Waals surface area contributed by atoms with Gasteiger partial charge in [0.05, 0.1) is 0 Å². The number of carboxylic acids is 1. The van der Waals surface area contributed by atoms with Crippen LogP contribution in [0.25, 0.3) is 0 Å². The Morgan fingerprint density at radius 2 is 1.59 bits per heavy atom. The van der Waals surface area contributed by atoms with Gasteiger partial charge >= 0.3 is 5.97 Å². The number of aryl methyl sites for hydroxylation is 1. The highest BCUT2D eigenvalue weighted by Crippen LogP contribution is 2.23. The number of piperidine rings is 1. The number of carbonyl (C=O) groups is 3. The summed E-state index contributed by atoms with van der Waals surface area (Å²) in [5, 5.41) is 16.3. The molecule has 0 bridgehead atoms. The van der Waals surface area contributed by atoms with Crippen molar-refractivity contribution in [3.63, 3.8) is 0 Å². The maximum atomic E-state index is 12.6. The molecule has 1 fully saturated rings. The van der Waals surface area contributed by atoms with E-state index in [0.717, 1.165) is 12.7 Å². The number of likely N-dealkylation sites (tertiary alicyclic amines) is 1. The van der Waals surface area contributed by atoms with Gasteiger partial charge in [-0.1, -0.05) is 23.7 Å². The van der Waals surface area contributed by atoms with E-state index in [2.05, 4.69) is 0 Å². The van der Waals surface area contributed by atoms with E-state index in [1.54, 1.807) is 53.4 Å². The van der Waals surface area contributed by atoms with Crippen LogP contribution in [0.2, 0.25) is 5.02 Å². The topological polar surface area (TPSA) is 104 Å². The number of amides is 1. The zero-order chi connectivity index (χ0) is 23.5. The number of carboxylic acid groups (broad SMARTS) is 1. The van der Waals surface area contributed by atoms with Crippen molar-refractivity contribution in [3.05, 3.63) is 64.7 Å². The number of Topliss-reactive ketones (excluding diaryl/α,β-unsaturated/α-hetero) is 1. The molecular weight excluding hydrogens is 434 g/mol. The second kappa shape index (κ2) is 12.8. The molecule has 1 heterocycles. The van der Waals surface area contributed by atoms with Crippen LogP contribution < -0.4 is 4.74 Å². The third-order valence-corrected chi connectivity index (χ3v) is 5.51. The molecule has 7 nitrogen and oxygen atoms in total. The quantitative estimate of drug-likeness (QED) is 0.583. The largest absolute Gasteiger partial charge is 0.484 e. The minimum absolute atomic E-state index is 0.0652. The average Bonchev–Trinajstić information content (AvgIpc) is 2.83. The Kier molecular flexibility index (Phi) is 10.2. The first-order valence-electron chi connectivity index (χ1n) is 10.4. The molecular formula is C24H28ClNO6. The molecule has 1 saturated heterocycles. The SMILES string of the molecule is CO.O=C(O)CCc1ccc(OCC(=O)N2CCC(C(=O)c3ccc(Cl)cc3)CC2)cc1. The molecule has 2 aromatic rings. The monoisotopic (exact) mass is 461 g/mol. The maximum Gasteiger partial charge on any atom is 0.303 e. The second-order valence-corrected chi connectivity index (χ2v) is 7.79. The Bertz CT molecular complexity index is 890. The first kappa shape index (κ1) is 25.4. The first-order valence-corrected chi connectivity index (χ1v) is 10.8.